The molecule has 0 radical (unpaired) electrons. The van der Waals surface area contributed by atoms with E-state index in [9.17, 15) is 19.0 Å². The zero-order valence-corrected chi connectivity index (χ0v) is 55.8. The van der Waals surface area contributed by atoms with E-state index in [2.05, 4.69) is 111 Å². The number of amides is 1. The van der Waals surface area contributed by atoms with Gasteiger partial charge >= 0.3 is 5.97 Å². The van der Waals surface area contributed by atoms with Crippen LogP contribution in [0.4, 0.5) is 0 Å². The second-order valence-corrected chi connectivity index (χ2v) is 25.7. The molecular formula is C73H131N2O7P. The highest BCUT2D eigenvalue weighted by molar-refractivity contribution is 7.45. The van der Waals surface area contributed by atoms with Crippen molar-refractivity contribution in [2.24, 2.45) is 0 Å². The molecule has 0 heterocycles. The Labute approximate surface area is 513 Å². The van der Waals surface area contributed by atoms with Gasteiger partial charge < -0.3 is 28.5 Å². The fourth-order valence-electron chi connectivity index (χ4n) is 9.70. The Kier molecular flexibility index (Phi) is 59.7. The Morgan fingerprint density at radius 1 is 0.434 bits per heavy atom. The maximum atomic E-state index is 13.6. The first kappa shape index (κ1) is 79.9. The predicted molar refractivity (Wildman–Crippen MR) is 358 cm³/mol. The van der Waals surface area contributed by atoms with E-state index in [1.807, 2.05) is 33.3 Å². The second kappa shape index (κ2) is 62.0. The topological polar surface area (TPSA) is 114 Å². The third kappa shape index (κ3) is 63.3. The van der Waals surface area contributed by atoms with Crippen LogP contribution in [-0.2, 0) is 27.9 Å². The zero-order valence-electron chi connectivity index (χ0n) is 54.9. The summed E-state index contributed by atoms with van der Waals surface area (Å²) in [4.78, 5) is 40.1. The van der Waals surface area contributed by atoms with Gasteiger partial charge in [0.15, 0.2) is 0 Å². The van der Waals surface area contributed by atoms with Crippen LogP contribution in [0.1, 0.15) is 303 Å². The minimum Gasteiger partial charge on any atom is -0.756 e. The maximum absolute atomic E-state index is 13.6. The third-order valence-corrected chi connectivity index (χ3v) is 16.0. The Morgan fingerprint density at radius 3 is 1.18 bits per heavy atom. The Hall–Kier alpha value is -3.07. The van der Waals surface area contributed by atoms with E-state index < -0.39 is 26.6 Å². The summed E-state index contributed by atoms with van der Waals surface area (Å²) >= 11 is 0. The molecule has 0 saturated heterocycles. The number of hydrogen-bond acceptors (Lipinski definition) is 7. The Morgan fingerprint density at radius 2 is 0.771 bits per heavy atom. The van der Waals surface area contributed by atoms with Gasteiger partial charge in [0.2, 0.25) is 5.91 Å². The van der Waals surface area contributed by atoms with Crippen molar-refractivity contribution in [1.82, 2.24) is 5.32 Å². The molecule has 3 atom stereocenters. The van der Waals surface area contributed by atoms with Gasteiger partial charge in [-0.05, 0) is 109 Å². The van der Waals surface area contributed by atoms with Crippen LogP contribution >= 0.6 is 7.82 Å². The fraction of sp³-hybridized carbons (Fsp3) is 0.753. The van der Waals surface area contributed by atoms with Crippen molar-refractivity contribution in [2.75, 3.05) is 40.9 Å². The van der Waals surface area contributed by atoms with Crippen molar-refractivity contribution in [3.63, 3.8) is 0 Å². The summed E-state index contributed by atoms with van der Waals surface area (Å²) in [5.74, 6) is -0.588. The monoisotopic (exact) mass is 1180 g/mol. The first-order chi connectivity index (χ1) is 40.4. The number of phosphoric ester groups is 1. The average Bonchev–Trinajstić information content (AvgIpc) is 3.46. The Bertz CT molecular complexity index is 1740. The summed E-state index contributed by atoms with van der Waals surface area (Å²) in [7, 11) is 1.15. The molecule has 0 aromatic heterocycles. The number of allylic oxidation sites excluding steroid dienone is 15. The number of unbranched alkanes of at least 4 members (excludes halogenated alkanes) is 32. The highest BCUT2D eigenvalue weighted by Gasteiger charge is 2.27. The van der Waals surface area contributed by atoms with Crippen molar-refractivity contribution in [1.29, 1.82) is 0 Å². The van der Waals surface area contributed by atoms with Crippen molar-refractivity contribution >= 4 is 19.7 Å². The van der Waals surface area contributed by atoms with Gasteiger partial charge in [-0.3, -0.25) is 14.2 Å². The van der Waals surface area contributed by atoms with Gasteiger partial charge in [0.25, 0.3) is 7.82 Å². The van der Waals surface area contributed by atoms with E-state index in [0.717, 1.165) is 89.9 Å². The molecule has 0 saturated carbocycles. The average molecular weight is 1180 g/mol. The van der Waals surface area contributed by atoms with Gasteiger partial charge in [-0.1, -0.05) is 279 Å². The van der Waals surface area contributed by atoms with Gasteiger partial charge in [-0.15, -0.1) is 0 Å². The Balaban J connectivity index is 5.23. The SMILES string of the molecule is CC/C=C\C/C=C\C/C=C\C/C=C\C/C=C\C/C=C\CCCCC(=O)NC(COP(=O)([O-])OCC[N+](C)(C)C)C(/C=C/CCCCCCCCCCCCC)OC(=O)CCCCCCCCCCCCCCC/C=C/CCCCCCCC. The number of hydrogen-bond donors (Lipinski definition) is 1. The summed E-state index contributed by atoms with van der Waals surface area (Å²) < 4.78 is 30.4. The van der Waals surface area contributed by atoms with Crippen molar-refractivity contribution < 1.29 is 37.3 Å². The van der Waals surface area contributed by atoms with Crippen molar-refractivity contribution in [3.05, 3.63) is 97.2 Å². The molecule has 0 spiro atoms. The molecule has 0 rings (SSSR count). The molecule has 0 aliphatic rings. The smallest absolute Gasteiger partial charge is 0.306 e. The zero-order chi connectivity index (χ0) is 60.7. The van der Waals surface area contributed by atoms with Crippen LogP contribution in [0.3, 0.4) is 0 Å². The number of nitrogens with one attached hydrogen (secondary N) is 1. The van der Waals surface area contributed by atoms with Crippen LogP contribution in [0, 0.1) is 0 Å². The summed E-state index contributed by atoms with van der Waals surface area (Å²) in [6.45, 7) is 6.71. The molecule has 1 N–H and O–H groups in total. The van der Waals surface area contributed by atoms with E-state index in [4.69, 9.17) is 13.8 Å². The molecular weight excluding hydrogens is 1050 g/mol. The first-order valence-corrected chi connectivity index (χ1v) is 36.0. The third-order valence-electron chi connectivity index (χ3n) is 15.0. The molecule has 0 aromatic rings. The first-order valence-electron chi connectivity index (χ1n) is 34.5. The van der Waals surface area contributed by atoms with Gasteiger partial charge in [-0.25, -0.2) is 0 Å². The number of esters is 1. The molecule has 480 valence electrons. The number of carbonyl (C=O) groups is 2. The fourth-order valence-corrected chi connectivity index (χ4v) is 10.4. The van der Waals surface area contributed by atoms with Crippen LogP contribution in [0.2, 0.25) is 0 Å². The molecule has 9 nitrogen and oxygen atoms in total. The molecule has 0 fully saturated rings. The minimum absolute atomic E-state index is 0.0344. The van der Waals surface area contributed by atoms with E-state index in [1.54, 1.807) is 0 Å². The van der Waals surface area contributed by atoms with Crippen LogP contribution in [-0.4, -0.2) is 69.4 Å². The minimum atomic E-state index is -4.72. The number of carbonyl (C=O) groups excluding carboxylic acids is 2. The maximum Gasteiger partial charge on any atom is 0.306 e. The van der Waals surface area contributed by atoms with Crippen LogP contribution in [0.5, 0.6) is 0 Å². The van der Waals surface area contributed by atoms with Crippen LogP contribution in [0.25, 0.3) is 0 Å². The summed E-state index contributed by atoms with van der Waals surface area (Å²) in [5, 5.41) is 3.01. The molecule has 0 bridgehead atoms. The number of quaternary nitrogens is 1. The van der Waals surface area contributed by atoms with Crippen LogP contribution in [0.15, 0.2) is 97.2 Å². The van der Waals surface area contributed by atoms with E-state index in [-0.39, 0.29) is 31.3 Å². The van der Waals surface area contributed by atoms with Gasteiger partial charge in [0, 0.05) is 12.8 Å². The van der Waals surface area contributed by atoms with E-state index in [1.165, 1.54) is 173 Å². The predicted octanol–water partition coefficient (Wildman–Crippen LogP) is 21.3. The number of likely N-dealkylation sites (N-methyl/N-ethyl adjacent to an activating group) is 1. The molecule has 1 amide bonds. The van der Waals surface area contributed by atoms with Gasteiger partial charge in [-0.2, -0.15) is 0 Å². The van der Waals surface area contributed by atoms with Crippen molar-refractivity contribution in [3.8, 4) is 0 Å². The summed E-state index contributed by atoms with van der Waals surface area (Å²) in [6, 6.07) is -0.917. The summed E-state index contributed by atoms with van der Waals surface area (Å²) in [6.07, 6.45) is 83.9. The molecule has 83 heavy (non-hydrogen) atoms. The van der Waals surface area contributed by atoms with Gasteiger partial charge in [0.1, 0.15) is 19.3 Å². The normalized spacial score (nSPS) is 14.2. The number of nitrogens with zero attached hydrogens (tertiary/aromatic N) is 1. The number of ether oxygens (including phenoxy) is 1. The molecule has 0 aliphatic carbocycles. The lowest BCUT2D eigenvalue weighted by Gasteiger charge is -2.30. The van der Waals surface area contributed by atoms with Crippen LogP contribution < -0.4 is 10.2 Å². The van der Waals surface area contributed by atoms with Crippen molar-refractivity contribution in [2.45, 2.75) is 315 Å². The van der Waals surface area contributed by atoms with E-state index >= 15 is 0 Å². The second-order valence-electron chi connectivity index (χ2n) is 24.3. The molecule has 10 heteroatoms. The quantitative estimate of drug-likeness (QED) is 0.0212. The lowest BCUT2D eigenvalue weighted by Crippen LogP contribution is -2.47. The molecule has 0 aromatic carbocycles. The largest absolute Gasteiger partial charge is 0.756 e. The lowest BCUT2D eigenvalue weighted by molar-refractivity contribution is -0.870. The number of rotatable bonds is 62. The highest BCUT2D eigenvalue weighted by Crippen LogP contribution is 2.38. The highest BCUT2D eigenvalue weighted by atomic mass is 31.2. The molecule has 0 aliphatic heterocycles. The van der Waals surface area contributed by atoms with E-state index in [0.29, 0.717) is 17.4 Å². The summed E-state index contributed by atoms with van der Waals surface area (Å²) in [5.41, 5.74) is 0. The molecule has 3 unspecified atom stereocenters. The standard InChI is InChI=1S/C73H131N2O7P/c1-7-10-13-16-19-22-25-28-30-32-34-36-37-39-41-43-45-48-51-54-57-60-63-66-73(77)82-71(64-61-58-55-52-49-46-27-24-21-18-15-12-9-3)70(69-81-83(78,79)80-68-67-75(4,5)6)74-72(76)65-62-59-56-53-50-47-44-42-40-38-35-33-31-29-26-23-20-17-14-11-8-2/h11,14,20,23,28-31,35,38,42,44,50,53,61,64,70-71H,7-10,12-13,15-19,21-22,24-27,32-34,36-37,39-41,43,45-49,51-52,54-60,62-63,65-69H2,1-6H3,(H-,74,76,78,79)/b14-11-,23-20-,30-28+,31-29-,38-35-,44-42-,53-50-,64-61+. The number of phosphoric acid groups is 1. The van der Waals surface area contributed by atoms with Gasteiger partial charge in [0.05, 0.1) is 33.8 Å². The lowest BCUT2D eigenvalue weighted by atomic mass is 10.0.